The zero-order valence-electron chi connectivity index (χ0n) is 27.6. The number of nitrogens with one attached hydrogen (secondary N) is 3. The molecule has 1 aliphatic heterocycles. The number of amides is 5. The van der Waals surface area contributed by atoms with Crippen molar-refractivity contribution in [2.75, 3.05) is 6.54 Å². The Morgan fingerprint density at radius 1 is 0.915 bits per heavy atom. The zero-order valence-corrected chi connectivity index (χ0v) is 27.6. The first-order valence-corrected chi connectivity index (χ1v) is 18.0. The number of likely N-dealkylation sites (tertiary alicyclic amines) is 1. The highest BCUT2D eigenvalue weighted by Gasteiger charge is 2.70. The third-order valence-corrected chi connectivity index (χ3v) is 13.4. The first kappa shape index (κ1) is 30.9. The van der Waals surface area contributed by atoms with E-state index in [1.165, 1.54) is 30.4 Å². The Morgan fingerprint density at radius 3 is 2.06 bits per heavy atom. The van der Waals surface area contributed by atoms with Crippen molar-refractivity contribution in [3.8, 4) is 0 Å². The molecule has 1 aromatic carbocycles. The van der Waals surface area contributed by atoms with Crippen molar-refractivity contribution < 1.29 is 24.0 Å². The number of nitrogens with zero attached hydrogens (tertiary/aromatic N) is 1. The Labute approximate surface area is 276 Å². The summed E-state index contributed by atoms with van der Waals surface area (Å²) in [7, 11) is 0. The summed E-state index contributed by atoms with van der Waals surface area (Å²) in [5.41, 5.74) is 7.40. The summed E-state index contributed by atoms with van der Waals surface area (Å²) >= 11 is 0. The predicted octanol–water partition coefficient (Wildman–Crippen LogP) is 2.86. The van der Waals surface area contributed by atoms with Crippen LogP contribution in [0.3, 0.4) is 0 Å². The van der Waals surface area contributed by atoms with E-state index < -0.39 is 35.7 Å². The van der Waals surface area contributed by atoms with Crippen molar-refractivity contribution in [3.63, 3.8) is 0 Å². The van der Waals surface area contributed by atoms with Gasteiger partial charge in [-0.05, 0) is 116 Å². The third-order valence-electron chi connectivity index (χ3n) is 13.4. The second-order valence-corrected chi connectivity index (χ2v) is 17.1. The van der Waals surface area contributed by atoms with Gasteiger partial charge in [-0.25, -0.2) is 4.79 Å². The summed E-state index contributed by atoms with van der Waals surface area (Å²) in [6, 6.07) is 5.32. The molecule has 8 aliphatic rings. The van der Waals surface area contributed by atoms with Gasteiger partial charge in [0, 0.05) is 12.1 Å². The zero-order chi connectivity index (χ0) is 32.8. The Morgan fingerprint density at radius 2 is 1.51 bits per heavy atom. The van der Waals surface area contributed by atoms with Gasteiger partial charge in [0.1, 0.15) is 12.1 Å². The SMILES string of the molecule is CC1(C)[C@@H]2[C@@H](C(=O)NC(CC3CC3)C(=O)C(N)=O)N(C(=O)[C@@H](NC(=O)NC34CC5CC(CC(C5)C3)C4)C3Cc4ccccc4C3)C[C@@H]21. The molecule has 5 N–H and O–H groups in total. The summed E-state index contributed by atoms with van der Waals surface area (Å²) in [5, 5.41) is 9.43. The molecular weight excluding hydrogens is 594 g/mol. The molecule has 1 unspecified atom stereocenters. The quantitative estimate of drug-likeness (QED) is 0.289. The first-order valence-electron chi connectivity index (χ1n) is 18.0. The molecule has 10 nitrogen and oxygen atoms in total. The molecule has 5 atom stereocenters. The fourth-order valence-electron chi connectivity index (χ4n) is 11.2. The molecule has 1 saturated heterocycles. The molecule has 0 spiro atoms. The van der Waals surface area contributed by atoms with Gasteiger partial charge in [-0.2, -0.15) is 0 Å². The first-order chi connectivity index (χ1) is 22.4. The summed E-state index contributed by atoms with van der Waals surface area (Å²) in [5.74, 6) is -0.290. The van der Waals surface area contributed by atoms with Crippen molar-refractivity contribution in [2.45, 2.75) is 108 Å². The number of fused-ring (bicyclic) bond motifs is 2. The highest BCUT2D eigenvalue weighted by molar-refractivity contribution is 6.37. The number of benzene rings is 1. The standard InChI is InChI=1S/C37H49N5O5/c1-36(2)26-18-42(30(28(26)36)33(45)39-27(12-19-7-8-19)31(43)32(38)44)34(46)29(25-13-23-5-3-4-6-24(23)14-25)40-35(47)41-37-15-20-9-21(16-37)11-22(10-20)17-37/h3-6,19-22,25-30H,7-18H2,1-2H3,(H2,38,44)(H,39,45)(H2,40,41,47)/t20?,21?,22?,26-,27?,28-,29-,30-,37?/m0/s1. The number of Topliss-reactive ketones (excluding diaryl/α,β-unsaturated/α-hetero) is 1. The van der Waals surface area contributed by atoms with Crippen LogP contribution in [0.15, 0.2) is 24.3 Å². The maximum Gasteiger partial charge on any atom is 0.315 e. The molecule has 6 saturated carbocycles. The fourth-order valence-corrected chi connectivity index (χ4v) is 11.2. The van der Waals surface area contributed by atoms with Gasteiger partial charge in [0.15, 0.2) is 0 Å². The topological polar surface area (TPSA) is 151 Å². The van der Waals surface area contributed by atoms with Crippen molar-refractivity contribution in [3.05, 3.63) is 35.4 Å². The molecule has 10 heteroatoms. The monoisotopic (exact) mass is 643 g/mol. The molecule has 1 aromatic rings. The minimum absolute atomic E-state index is 0.0704. The van der Waals surface area contributed by atoms with Crippen LogP contribution in [0.4, 0.5) is 4.79 Å². The highest BCUT2D eigenvalue weighted by atomic mass is 16.2. The lowest BCUT2D eigenvalue weighted by Crippen LogP contribution is -2.64. The van der Waals surface area contributed by atoms with Crippen LogP contribution >= 0.6 is 0 Å². The summed E-state index contributed by atoms with van der Waals surface area (Å²) in [6.07, 6.45) is 10.5. The molecule has 1 heterocycles. The molecule has 47 heavy (non-hydrogen) atoms. The van der Waals surface area contributed by atoms with Gasteiger partial charge in [0.25, 0.3) is 5.91 Å². The normalized spacial score (nSPS) is 35.4. The molecular formula is C37H49N5O5. The second-order valence-electron chi connectivity index (χ2n) is 17.1. The molecule has 7 fully saturated rings. The van der Waals surface area contributed by atoms with Crippen molar-refractivity contribution in [1.82, 2.24) is 20.9 Å². The number of piperidine rings is 1. The van der Waals surface area contributed by atoms with Crippen LogP contribution in [0, 0.1) is 46.8 Å². The number of nitrogens with two attached hydrogens (primary N) is 1. The minimum atomic E-state index is -1.06. The van der Waals surface area contributed by atoms with E-state index >= 15 is 0 Å². The summed E-state index contributed by atoms with van der Waals surface area (Å²) in [6.45, 7) is 4.64. The molecule has 9 rings (SSSR count). The van der Waals surface area contributed by atoms with Crippen LogP contribution in [0.1, 0.15) is 82.8 Å². The lowest BCUT2D eigenvalue weighted by Gasteiger charge is -2.56. The maximum absolute atomic E-state index is 14.8. The van der Waals surface area contributed by atoms with Gasteiger partial charge in [-0.3, -0.25) is 19.2 Å². The van der Waals surface area contributed by atoms with E-state index in [4.69, 9.17) is 5.73 Å². The van der Waals surface area contributed by atoms with Crippen LogP contribution in [0.25, 0.3) is 0 Å². The number of primary amides is 1. The van der Waals surface area contributed by atoms with E-state index in [-0.39, 0.29) is 46.6 Å². The smallest absolute Gasteiger partial charge is 0.315 e. The second kappa shape index (κ2) is 11.1. The van der Waals surface area contributed by atoms with Crippen LogP contribution in [0.5, 0.6) is 0 Å². The molecule has 5 amide bonds. The Hall–Kier alpha value is -3.43. The molecule has 0 aromatic heterocycles. The number of hydrogen-bond donors (Lipinski definition) is 4. The maximum atomic E-state index is 14.8. The molecule has 0 radical (unpaired) electrons. The average Bonchev–Trinajstić information content (AvgIpc) is 3.76. The number of rotatable bonds is 10. The average molecular weight is 644 g/mol. The molecule has 7 aliphatic carbocycles. The van der Waals surface area contributed by atoms with E-state index in [0.29, 0.717) is 43.6 Å². The minimum Gasteiger partial charge on any atom is -0.363 e. The van der Waals surface area contributed by atoms with Gasteiger partial charge in [0.05, 0.1) is 6.04 Å². The lowest BCUT2D eigenvalue weighted by atomic mass is 9.53. The van der Waals surface area contributed by atoms with Crippen molar-refractivity contribution in [1.29, 1.82) is 0 Å². The van der Waals surface area contributed by atoms with Crippen molar-refractivity contribution in [2.24, 2.45) is 52.6 Å². The highest BCUT2D eigenvalue weighted by Crippen LogP contribution is 2.65. The number of carbonyl (C=O) groups excluding carboxylic acids is 5. The summed E-state index contributed by atoms with van der Waals surface area (Å²) in [4.78, 5) is 69.0. The Balaban J connectivity index is 1.04. The van der Waals surface area contributed by atoms with Gasteiger partial charge in [0.2, 0.25) is 17.6 Å². The molecule has 4 bridgehead atoms. The fraction of sp³-hybridized carbons (Fsp3) is 0.703. The predicted molar refractivity (Wildman–Crippen MR) is 173 cm³/mol. The van der Waals surface area contributed by atoms with Crippen LogP contribution in [-0.4, -0.2) is 64.6 Å². The summed E-state index contributed by atoms with van der Waals surface area (Å²) < 4.78 is 0. The van der Waals surface area contributed by atoms with Crippen LogP contribution < -0.4 is 21.7 Å². The third kappa shape index (κ3) is 5.53. The molecule has 252 valence electrons. The van der Waals surface area contributed by atoms with Crippen LogP contribution in [-0.2, 0) is 32.0 Å². The van der Waals surface area contributed by atoms with Gasteiger partial charge >= 0.3 is 6.03 Å². The van der Waals surface area contributed by atoms with Gasteiger partial charge in [-0.1, -0.05) is 51.0 Å². The number of hydrogen-bond acceptors (Lipinski definition) is 5. The van der Waals surface area contributed by atoms with E-state index in [2.05, 4.69) is 41.9 Å². The Kier molecular flexibility index (Phi) is 7.26. The van der Waals surface area contributed by atoms with E-state index in [0.717, 1.165) is 32.1 Å². The lowest BCUT2D eigenvalue weighted by molar-refractivity contribution is -0.144. The van der Waals surface area contributed by atoms with E-state index in [9.17, 15) is 24.0 Å². The number of carbonyl (C=O) groups is 5. The largest absolute Gasteiger partial charge is 0.363 e. The number of ketones is 1. The van der Waals surface area contributed by atoms with Gasteiger partial charge in [-0.15, -0.1) is 0 Å². The Bertz CT molecular complexity index is 1460. The number of urea groups is 1. The van der Waals surface area contributed by atoms with Gasteiger partial charge < -0.3 is 26.6 Å². The van der Waals surface area contributed by atoms with E-state index in [1.54, 1.807) is 4.90 Å². The van der Waals surface area contributed by atoms with E-state index in [1.807, 2.05) is 12.1 Å². The van der Waals surface area contributed by atoms with Crippen molar-refractivity contribution >= 4 is 29.5 Å². The van der Waals surface area contributed by atoms with Crippen LogP contribution in [0.2, 0.25) is 0 Å².